The van der Waals surface area contributed by atoms with Crippen molar-refractivity contribution in [2.75, 3.05) is 0 Å². The molecule has 15 aromatic carbocycles. The normalized spacial score (nSPS) is 12.3. The summed E-state index contributed by atoms with van der Waals surface area (Å²) in [6.45, 7) is 4.54. The number of fused-ring (bicyclic) bond motifs is 10. The number of aromatic nitrogens is 6. The first-order valence-corrected chi connectivity index (χ1v) is 34.4. The van der Waals surface area contributed by atoms with E-state index in [1.807, 2.05) is 91.0 Å². The number of benzene rings is 15. The molecule has 19 rings (SSSR count). The maximum atomic E-state index is 11.3. The fourth-order valence-corrected chi connectivity index (χ4v) is 15.3. The predicted octanol–water partition coefficient (Wildman–Crippen LogP) is 23.9. The van der Waals surface area contributed by atoms with Crippen LogP contribution in [0.4, 0.5) is 0 Å². The van der Waals surface area contributed by atoms with Crippen molar-refractivity contribution in [2.45, 2.75) is 19.3 Å². The fraction of sp³-hybridized carbons (Fsp3) is 0.0319. The highest BCUT2D eigenvalue weighted by Crippen LogP contribution is 2.53. The van der Waals surface area contributed by atoms with E-state index in [0.717, 1.165) is 149 Å². The highest BCUT2D eigenvalue weighted by atomic mass is 16.3. The first-order valence-electron chi connectivity index (χ1n) is 34.4. The summed E-state index contributed by atoms with van der Waals surface area (Å²) < 4.78 is 6.37. The zero-order chi connectivity index (χ0) is 68.0. The smallest absolute Gasteiger partial charge is 0.165 e. The van der Waals surface area contributed by atoms with E-state index in [9.17, 15) is 5.26 Å². The maximum Gasteiger partial charge on any atom is 0.165 e. The summed E-state index contributed by atoms with van der Waals surface area (Å²) in [5, 5.41) is 20.2. The molecule has 3 aromatic heterocycles. The molecule has 0 fully saturated rings. The summed E-state index contributed by atoms with van der Waals surface area (Å²) in [7, 11) is 0. The van der Waals surface area contributed by atoms with Gasteiger partial charge in [0.05, 0.1) is 5.56 Å². The lowest BCUT2D eigenvalue weighted by molar-refractivity contribution is 0.660. The zero-order valence-electron chi connectivity index (χ0n) is 55.6. The van der Waals surface area contributed by atoms with Gasteiger partial charge >= 0.3 is 0 Å². The second kappa shape index (κ2) is 24.1. The van der Waals surface area contributed by atoms with Crippen molar-refractivity contribution in [3.8, 4) is 141 Å². The molecule has 0 unspecified atom stereocenters. The molecule has 8 nitrogen and oxygen atoms in total. The van der Waals surface area contributed by atoms with Gasteiger partial charge in [0.1, 0.15) is 17.2 Å². The van der Waals surface area contributed by atoms with Crippen LogP contribution >= 0.6 is 0 Å². The van der Waals surface area contributed by atoms with E-state index in [1.165, 1.54) is 16.3 Å². The van der Waals surface area contributed by atoms with E-state index >= 15 is 0 Å². The number of nitriles is 1. The topological polar surface area (TPSA) is 114 Å². The lowest BCUT2D eigenvalue weighted by Gasteiger charge is -2.22. The third-order valence-electron chi connectivity index (χ3n) is 20.5. The lowest BCUT2D eigenvalue weighted by Crippen LogP contribution is -2.15. The molecule has 18 aromatic rings. The van der Waals surface area contributed by atoms with Crippen molar-refractivity contribution in [3.05, 3.63) is 338 Å². The molecular weight excluding hydrogens is 1240 g/mol. The molecule has 0 atom stereocenters. The van der Waals surface area contributed by atoms with Crippen molar-refractivity contribution in [1.82, 2.24) is 29.9 Å². The minimum atomic E-state index is -0.390. The first kappa shape index (κ1) is 59.6. The van der Waals surface area contributed by atoms with Gasteiger partial charge in [-0.15, -0.1) is 0 Å². The van der Waals surface area contributed by atoms with Crippen LogP contribution in [0.5, 0.6) is 0 Å². The van der Waals surface area contributed by atoms with Crippen LogP contribution in [0.3, 0.4) is 0 Å². The van der Waals surface area contributed by atoms with Crippen molar-refractivity contribution in [1.29, 1.82) is 5.26 Å². The summed E-state index contributed by atoms with van der Waals surface area (Å²) in [6.07, 6.45) is 0. The molecule has 476 valence electrons. The van der Waals surface area contributed by atoms with E-state index in [4.69, 9.17) is 34.3 Å². The van der Waals surface area contributed by atoms with Crippen LogP contribution in [0.1, 0.15) is 30.5 Å². The van der Waals surface area contributed by atoms with E-state index in [1.54, 1.807) is 0 Å². The van der Waals surface area contributed by atoms with Crippen LogP contribution in [0.25, 0.3) is 189 Å². The lowest BCUT2D eigenvalue weighted by atomic mass is 9.80. The molecule has 0 bridgehead atoms. The summed E-state index contributed by atoms with van der Waals surface area (Å²) in [4.78, 5) is 31.4. The Morgan fingerprint density at radius 2 is 0.627 bits per heavy atom. The van der Waals surface area contributed by atoms with Gasteiger partial charge in [-0.2, -0.15) is 5.26 Å². The van der Waals surface area contributed by atoms with Gasteiger partial charge in [0.25, 0.3) is 0 Å². The Labute approximate surface area is 588 Å². The van der Waals surface area contributed by atoms with E-state index in [2.05, 4.69) is 250 Å². The summed E-state index contributed by atoms with van der Waals surface area (Å²) in [5.41, 5.74) is 22.0. The van der Waals surface area contributed by atoms with E-state index in [0.29, 0.717) is 40.5 Å². The monoisotopic (exact) mass is 1300 g/mol. The largest absolute Gasteiger partial charge is 0.456 e. The molecule has 0 saturated carbocycles. The van der Waals surface area contributed by atoms with Gasteiger partial charge < -0.3 is 4.42 Å². The Kier molecular flexibility index (Phi) is 14.1. The van der Waals surface area contributed by atoms with Crippen LogP contribution in [0.15, 0.2) is 326 Å². The molecule has 3 heterocycles. The number of rotatable bonds is 11. The average Bonchev–Trinajstić information content (AvgIpc) is 1.57. The fourth-order valence-electron chi connectivity index (χ4n) is 15.3. The van der Waals surface area contributed by atoms with Crippen molar-refractivity contribution in [2.24, 2.45) is 0 Å². The van der Waals surface area contributed by atoms with Gasteiger partial charge in [0.2, 0.25) is 0 Å². The van der Waals surface area contributed by atoms with Crippen LogP contribution in [0.2, 0.25) is 0 Å². The highest BCUT2D eigenvalue weighted by molar-refractivity contribution is 6.19. The van der Waals surface area contributed by atoms with E-state index < -0.39 is 0 Å². The molecule has 1 aliphatic carbocycles. The number of hydrogen-bond acceptors (Lipinski definition) is 8. The van der Waals surface area contributed by atoms with Crippen molar-refractivity contribution < 1.29 is 4.42 Å². The Hall–Kier alpha value is -13.6. The number of nitrogens with zero attached hydrogens (tertiary/aromatic N) is 7. The molecule has 0 radical (unpaired) electrons. The molecule has 1 aliphatic rings. The van der Waals surface area contributed by atoms with Gasteiger partial charge in [0.15, 0.2) is 34.9 Å². The number of hydrogen-bond donors (Lipinski definition) is 0. The van der Waals surface area contributed by atoms with Crippen LogP contribution in [-0.4, -0.2) is 29.9 Å². The third kappa shape index (κ3) is 10.1. The SMILES string of the molecule is CC1(C)c2cc(-c3ccc(-c4ccc5ccccc5c4-c4nc(-c5ccccc5)nc(-c5ccccc5)n4)cc3)ccc2-c2c1ccc(-c1ccc(-c3nc(-c4ccccc4)nc(-c4c(-c5ccc(-c6ccc7oc8ccc9ccccc9c8c7c6)cc5)ccc5ccccc45)n3)cc1)c2C#N. The highest BCUT2D eigenvalue weighted by Gasteiger charge is 2.38. The van der Waals surface area contributed by atoms with E-state index in [-0.39, 0.29) is 5.41 Å². The third-order valence-corrected chi connectivity index (χ3v) is 20.5. The van der Waals surface area contributed by atoms with Gasteiger partial charge in [-0.05, 0) is 123 Å². The van der Waals surface area contributed by atoms with Crippen LogP contribution in [0, 0.1) is 11.3 Å². The van der Waals surface area contributed by atoms with Crippen LogP contribution in [-0.2, 0) is 5.41 Å². The zero-order valence-corrected chi connectivity index (χ0v) is 55.6. The summed E-state index contributed by atoms with van der Waals surface area (Å²) in [6, 6.07) is 115. The first-order chi connectivity index (χ1) is 50.2. The molecule has 0 aliphatic heterocycles. The average molecular weight is 1300 g/mol. The second-order valence-corrected chi connectivity index (χ2v) is 26.7. The minimum absolute atomic E-state index is 0.390. The Morgan fingerprint density at radius 1 is 0.265 bits per heavy atom. The van der Waals surface area contributed by atoms with Crippen molar-refractivity contribution >= 4 is 54.3 Å². The maximum absolute atomic E-state index is 11.3. The van der Waals surface area contributed by atoms with Crippen LogP contribution < -0.4 is 0 Å². The second-order valence-electron chi connectivity index (χ2n) is 26.7. The predicted molar refractivity (Wildman–Crippen MR) is 415 cm³/mol. The van der Waals surface area contributed by atoms with Gasteiger partial charge in [0, 0.05) is 60.7 Å². The Balaban J connectivity index is 0.649. The summed E-state index contributed by atoms with van der Waals surface area (Å²) >= 11 is 0. The summed E-state index contributed by atoms with van der Waals surface area (Å²) in [5.74, 6) is 3.52. The van der Waals surface area contributed by atoms with Gasteiger partial charge in [-0.25, -0.2) is 29.9 Å². The molecular formula is C94H59N7O. The standard InChI is InChI=1S/C94H59N7O/c1-94(2)80-51-50-71(79(56-95)84(80)77-49-44-70(55-81(77)94)58-32-36-64(37-33-58)76-48-43-59-18-13-16-28-73(59)86(76)92-98-88(65-21-6-3-7-22-65)96-89(99-92)66-23-8-4-9-24-66)62-38-40-68(41-39-62)91-97-90(67-25-10-5-11-26-67)100-93(101-91)87-74-29-17-14-19-60(74)42-47-75(87)63-34-30-57(31-35-63)69-46-52-82-78(54-69)85-72-27-15-12-20-61(72)45-53-83(85)102-82/h3-55H,1-2H3. The number of furan rings is 1. The van der Waals surface area contributed by atoms with Gasteiger partial charge in [-0.3, -0.25) is 0 Å². The molecule has 0 saturated heterocycles. The Morgan fingerprint density at radius 3 is 1.14 bits per heavy atom. The Bertz CT molecular complexity index is 6380. The molecule has 102 heavy (non-hydrogen) atoms. The molecule has 8 heteroatoms. The van der Waals surface area contributed by atoms with Crippen molar-refractivity contribution in [3.63, 3.8) is 0 Å². The molecule has 0 spiro atoms. The molecule has 0 amide bonds. The quantitative estimate of drug-likeness (QED) is 0.126. The molecule has 0 N–H and O–H groups in total. The minimum Gasteiger partial charge on any atom is -0.456 e. The van der Waals surface area contributed by atoms with Gasteiger partial charge in [-0.1, -0.05) is 311 Å².